The van der Waals surface area contributed by atoms with Gasteiger partial charge in [0.1, 0.15) is 5.82 Å². The molecule has 2 aromatic heterocycles. The Labute approximate surface area is 159 Å². The average Bonchev–Trinajstić information content (AvgIpc) is 3.08. The number of benzene rings is 1. The maximum Gasteiger partial charge on any atom is 0.316 e. The highest BCUT2D eigenvalue weighted by atomic mass is 32.2. The molecule has 0 saturated heterocycles. The number of rotatable bonds is 6. The molecule has 9 nitrogen and oxygen atoms in total. The first-order valence-corrected chi connectivity index (χ1v) is 8.92. The van der Waals surface area contributed by atoms with E-state index >= 15 is 0 Å². The molecule has 0 unspecified atom stereocenters. The Morgan fingerprint density at radius 1 is 1.19 bits per heavy atom. The van der Waals surface area contributed by atoms with Crippen LogP contribution in [0.25, 0.3) is 16.9 Å². The van der Waals surface area contributed by atoms with Crippen molar-refractivity contribution in [2.45, 2.75) is 12.1 Å². The zero-order valence-corrected chi connectivity index (χ0v) is 16.2. The van der Waals surface area contributed by atoms with Crippen molar-refractivity contribution < 1.29 is 19.0 Å². The van der Waals surface area contributed by atoms with Gasteiger partial charge in [-0.1, -0.05) is 17.8 Å². The van der Waals surface area contributed by atoms with Crippen molar-refractivity contribution >= 4 is 29.3 Å². The number of esters is 1. The van der Waals surface area contributed by atoms with Crippen LogP contribution in [0.2, 0.25) is 0 Å². The van der Waals surface area contributed by atoms with Crippen LogP contribution in [0.1, 0.15) is 5.69 Å². The summed E-state index contributed by atoms with van der Waals surface area (Å²) < 4.78 is 16.7. The van der Waals surface area contributed by atoms with Crippen molar-refractivity contribution in [1.82, 2.24) is 19.6 Å². The fraction of sp³-hybridized carbons (Fsp3) is 0.294. The summed E-state index contributed by atoms with van der Waals surface area (Å²) in [5, 5.41) is 4.73. The molecule has 0 saturated carbocycles. The van der Waals surface area contributed by atoms with Crippen molar-refractivity contribution in [2.75, 3.05) is 32.8 Å². The zero-order valence-electron chi connectivity index (χ0n) is 15.3. The third-order valence-corrected chi connectivity index (χ3v) is 4.71. The smallest absolute Gasteiger partial charge is 0.316 e. The first-order chi connectivity index (χ1) is 13.0. The molecule has 1 aromatic carbocycles. The Balaban J connectivity index is 2.05. The van der Waals surface area contributed by atoms with E-state index in [0.717, 1.165) is 22.9 Å². The summed E-state index contributed by atoms with van der Waals surface area (Å²) in [7, 11) is 4.48. The van der Waals surface area contributed by atoms with Crippen LogP contribution < -0.4 is 15.2 Å². The van der Waals surface area contributed by atoms with Crippen molar-refractivity contribution in [3.05, 3.63) is 23.9 Å². The van der Waals surface area contributed by atoms with Crippen LogP contribution in [-0.4, -0.2) is 52.6 Å². The van der Waals surface area contributed by atoms with Gasteiger partial charge in [0.05, 0.1) is 32.8 Å². The zero-order chi connectivity index (χ0) is 19.6. The highest BCUT2D eigenvalue weighted by Crippen LogP contribution is 2.36. The molecule has 0 aliphatic carbocycles. The minimum absolute atomic E-state index is 0.106. The predicted molar refractivity (Wildman–Crippen MR) is 101 cm³/mol. The highest BCUT2D eigenvalue weighted by Gasteiger charge is 2.18. The molecule has 10 heteroatoms. The van der Waals surface area contributed by atoms with Gasteiger partial charge in [0.15, 0.2) is 11.5 Å². The fourth-order valence-electron chi connectivity index (χ4n) is 2.61. The number of aromatic nitrogens is 4. The third kappa shape index (κ3) is 3.61. The molecule has 2 heterocycles. The molecule has 0 atom stereocenters. The van der Waals surface area contributed by atoms with Gasteiger partial charge in [-0.2, -0.15) is 9.50 Å². The Morgan fingerprint density at radius 3 is 2.59 bits per heavy atom. The summed E-state index contributed by atoms with van der Waals surface area (Å²) in [6.07, 6.45) is 0. The Morgan fingerprint density at radius 2 is 1.93 bits per heavy atom. The first kappa shape index (κ1) is 18.8. The van der Waals surface area contributed by atoms with Gasteiger partial charge >= 0.3 is 5.97 Å². The van der Waals surface area contributed by atoms with Crippen LogP contribution >= 0.6 is 11.8 Å². The number of hydrogen-bond donors (Lipinski definition) is 1. The van der Waals surface area contributed by atoms with Gasteiger partial charge in [0.2, 0.25) is 5.16 Å². The van der Waals surface area contributed by atoms with Crippen molar-refractivity contribution in [1.29, 1.82) is 0 Å². The molecule has 0 amide bonds. The minimum Gasteiger partial charge on any atom is -0.493 e. The van der Waals surface area contributed by atoms with Gasteiger partial charge in [-0.15, -0.1) is 5.10 Å². The topological polar surface area (TPSA) is 114 Å². The second-order valence-electron chi connectivity index (χ2n) is 5.50. The Hall–Kier alpha value is -3.01. The Kier molecular flexibility index (Phi) is 5.36. The number of thioether (sulfide) groups is 1. The number of anilines is 1. The molecule has 3 aromatic rings. The van der Waals surface area contributed by atoms with Crippen LogP contribution in [0.3, 0.4) is 0 Å². The second kappa shape index (κ2) is 7.70. The SMILES string of the molecule is COC(=O)CSc1nc2nc(C)c(-c3ccc(OC)c(OC)c3)c(N)n2n1. The molecule has 3 rings (SSSR count). The van der Waals surface area contributed by atoms with E-state index in [9.17, 15) is 4.79 Å². The number of hydrogen-bond acceptors (Lipinski definition) is 9. The lowest BCUT2D eigenvalue weighted by molar-refractivity contribution is -0.137. The number of methoxy groups -OCH3 is 3. The van der Waals surface area contributed by atoms with E-state index in [1.165, 1.54) is 11.6 Å². The van der Waals surface area contributed by atoms with Crippen molar-refractivity contribution in [3.8, 4) is 22.6 Å². The van der Waals surface area contributed by atoms with Crippen LogP contribution in [0.15, 0.2) is 23.4 Å². The van der Waals surface area contributed by atoms with Crippen LogP contribution in [0.5, 0.6) is 11.5 Å². The monoisotopic (exact) mass is 389 g/mol. The van der Waals surface area contributed by atoms with Crippen LogP contribution in [0, 0.1) is 6.92 Å². The van der Waals surface area contributed by atoms with Gasteiger partial charge in [-0.3, -0.25) is 4.79 Å². The number of ether oxygens (including phenoxy) is 3. The van der Waals surface area contributed by atoms with E-state index in [1.807, 2.05) is 19.1 Å². The number of nitrogen functional groups attached to an aromatic ring is 1. The number of aryl methyl sites for hydroxylation is 1. The summed E-state index contributed by atoms with van der Waals surface area (Å²) in [6.45, 7) is 1.85. The lowest BCUT2D eigenvalue weighted by Gasteiger charge is -2.13. The van der Waals surface area contributed by atoms with E-state index in [0.29, 0.717) is 33.9 Å². The van der Waals surface area contributed by atoms with Gasteiger partial charge in [0.25, 0.3) is 5.78 Å². The molecule has 142 valence electrons. The minimum atomic E-state index is -0.359. The van der Waals surface area contributed by atoms with Crippen molar-refractivity contribution in [2.24, 2.45) is 0 Å². The number of carbonyl (C=O) groups excluding carboxylic acids is 1. The molecular weight excluding hydrogens is 370 g/mol. The summed E-state index contributed by atoms with van der Waals surface area (Å²) in [4.78, 5) is 20.1. The standard InChI is InChI=1S/C17H19N5O4S/c1-9-14(10-5-6-11(24-2)12(7-10)25-3)15(18)22-16(19-9)20-17(21-22)27-8-13(23)26-4/h5-7H,8,18H2,1-4H3. The third-order valence-electron chi connectivity index (χ3n) is 3.90. The maximum atomic E-state index is 11.3. The number of fused-ring (bicyclic) bond motifs is 1. The van der Waals surface area contributed by atoms with Crippen LogP contribution in [0.4, 0.5) is 5.82 Å². The van der Waals surface area contributed by atoms with E-state index in [2.05, 4.69) is 19.8 Å². The average molecular weight is 389 g/mol. The van der Waals surface area contributed by atoms with Gasteiger partial charge < -0.3 is 19.9 Å². The summed E-state index contributed by atoms with van der Waals surface area (Å²) in [5.41, 5.74) is 8.59. The summed E-state index contributed by atoms with van der Waals surface area (Å²) in [6, 6.07) is 5.50. The molecule has 0 aliphatic heterocycles. The highest BCUT2D eigenvalue weighted by molar-refractivity contribution is 7.99. The summed E-state index contributed by atoms with van der Waals surface area (Å²) >= 11 is 1.16. The predicted octanol–water partition coefficient (Wildman–Crippen LogP) is 1.96. The molecule has 0 radical (unpaired) electrons. The van der Waals surface area contributed by atoms with Crippen molar-refractivity contribution in [3.63, 3.8) is 0 Å². The van der Waals surface area contributed by atoms with E-state index in [-0.39, 0.29) is 11.7 Å². The molecule has 0 spiro atoms. The first-order valence-electron chi connectivity index (χ1n) is 7.93. The lowest BCUT2D eigenvalue weighted by Crippen LogP contribution is -2.06. The normalized spacial score (nSPS) is 10.8. The van der Waals surface area contributed by atoms with E-state index < -0.39 is 0 Å². The van der Waals surface area contributed by atoms with E-state index in [1.54, 1.807) is 20.3 Å². The molecular formula is C17H19N5O4S. The van der Waals surface area contributed by atoms with Gasteiger partial charge in [-0.25, -0.2) is 4.98 Å². The maximum absolute atomic E-state index is 11.3. The van der Waals surface area contributed by atoms with Gasteiger partial charge in [-0.05, 0) is 24.6 Å². The number of nitrogens with two attached hydrogens (primary N) is 1. The Bertz CT molecular complexity index is 1000. The van der Waals surface area contributed by atoms with E-state index in [4.69, 9.17) is 15.2 Å². The number of nitrogens with zero attached hydrogens (tertiary/aromatic N) is 4. The molecule has 0 fully saturated rings. The fourth-order valence-corrected chi connectivity index (χ4v) is 3.26. The molecule has 0 aliphatic rings. The molecule has 0 bridgehead atoms. The quantitative estimate of drug-likeness (QED) is 0.499. The number of carbonyl (C=O) groups is 1. The largest absolute Gasteiger partial charge is 0.493 e. The lowest BCUT2D eigenvalue weighted by atomic mass is 10.0. The summed E-state index contributed by atoms with van der Waals surface area (Å²) in [5.74, 6) is 1.70. The van der Waals surface area contributed by atoms with Gasteiger partial charge in [0, 0.05) is 5.56 Å². The van der Waals surface area contributed by atoms with Crippen LogP contribution in [-0.2, 0) is 9.53 Å². The second-order valence-corrected chi connectivity index (χ2v) is 6.44. The molecule has 27 heavy (non-hydrogen) atoms. The molecule has 2 N–H and O–H groups in total.